The number of halogens is 1. The molecule has 176 valence electrons. The molecule has 3 aromatic rings. The summed E-state index contributed by atoms with van der Waals surface area (Å²) in [7, 11) is 3.18. The van der Waals surface area contributed by atoms with Crippen LogP contribution in [0.1, 0.15) is 22.3 Å². The van der Waals surface area contributed by atoms with E-state index < -0.39 is 5.82 Å². The molecule has 0 unspecified atom stereocenters. The number of benzene rings is 3. The monoisotopic (exact) mass is 463 g/mol. The van der Waals surface area contributed by atoms with Gasteiger partial charge in [-0.25, -0.2) is 9.18 Å². The Bertz CT molecular complexity index is 1160. The van der Waals surface area contributed by atoms with Crippen LogP contribution in [0.2, 0.25) is 0 Å². The van der Waals surface area contributed by atoms with Gasteiger partial charge in [0.25, 0.3) is 5.91 Å². The second kappa shape index (κ2) is 10.2. The summed E-state index contributed by atoms with van der Waals surface area (Å²) in [6, 6.07) is 17.9. The highest BCUT2D eigenvalue weighted by atomic mass is 19.1. The zero-order chi connectivity index (χ0) is 24.1. The molecule has 0 aromatic heterocycles. The lowest BCUT2D eigenvalue weighted by molar-refractivity contribution is 0.102. The fraction of sp³-hybridized carbons (Fsp3) is 0.231. The number of anilines is 2. The van der Waals surface area contributed by atoms with Crippen molar-refractivity contribution in [1.82, 2.24) is 4.90 Å². The molecule has 7 nitrogen and oxygen atoms in total. The van der Waals surface area contributed by atoms with Crippen molar-refractivity contribution in [2.75, 3.05) is 37.5 Å². The van der Waals surface area contributed by atoms with Crippen molar-refractivity contribution in [2.24, 2.45) is 0 Å². The molecule has 0 spiro atoms. The molecule has 1 N–H and O–H groups in total. The SMILES string of the molecule is COc1cc(CN2CCCN(c3cccc(NC(=O)c4ccc(F)cc4)c3)C2=O)cc(OC)c1. The van der Waals surface area contributed by atoms with E-state index >= 15 is 0 Å². The number of methoxy groups -OCH3 is 2. The van der Waals surface area contributed by atoms with Gasteiger partial charge in [0.2, 0.25) is 0 Å². The number of urea groups is 1. The van der Waals surface area contributed by atoms with E-state index in [1.165, 1.54) is 24.3 Å². The first-order chi connectivity index (χ1) is 16.5. The Labute approximate surface area is 197 Å². The van der Waals surface area contributed by atoms with E-state index in [4.69, 9.17) is 9.47 Å². The molecule has 3 aromatic carbocycles. The third-order valence-corrected chi connectivity index (χ3v) is 5.62. The summed E-state index contributed by atoms with van der Waals surface area (Å²) >= 11 is 0. The van der Waals surface area contributed by atoms with Crippen molar-refractivity contribution in [3.8, 4) is 11.5 Å². The van der Waals surface area contributed by atoms with Crippen LogP contribution in [0.25, 0.3) is 0 Å². The van der Waals surface area contributed by atoms with Gasteiger partial charge in [-0.1, -0.05) is 6.07 Å². The molecule has 0 saturated carbocycles. The molecule has 1 saturated heterocycles. The molecule has 0 aliphatic carbocycles. The Kier molecular flexibility index (Phi) is 6.96. The van der Waals surface area contributed by atoms with E-state index in [0.717, 1.165) is 12.0 Å². The molecule has 4 rings (SSSR count). The van der Waals surface area contributed by atoms with Crippen molar-refractivity contribution < 1.29 is 23.5 Å². The summed E-state index contributed by atoms with van der Waals surface area (Å²) in [5.74, 6) is 0.579. The highest BCUT2D eigenvalue weighted by Crippen LogP contribution is 2.27. The molecular weight excluding hydrogens is 437 g/mol. The van der Waals surface area contributed by atoms with Crippen LogP contribution in [0, 0.1) is 5.82 Å². The van der Waals surface area contributed by atoms with Gasteiger partial charge in [-0.05, 0) is 66.6 Å². The Morgan fingerprint density at radius 1 is 0.971 bits per heavy atom. The highest BCUT2D eigenvalue weighted by Gasteiger charge is 2.27. The van der Waals surface area contributed by atoms with E-state index in [9.17, 15) is 14.0 Å². The van der Waals surface area contributed by atoms with Crippen molar-refractivity contribution in [1.29, 1.82) is 0 Å². The molecule has 8 heteroatoms. The second-order valence-electron chi connectivity index (χ2n) is 7.94. The number of hydrogen-bond donors (Lipinski definition) is 1. The smallest absolute Gasteiger partial charge is 0.324 e. The molecule has 1 aliphatic heterocycles. The minimum atomic E-state index is -0.404. The number of nitrogens with one attached hydrogen (secondary N) is 1. The molecule has 0 atom stereocenters. The predicted octanol–water partition coefficient (Wildman–Crippen LogP) is 4.93. The standard InChI is InChI=1S/C26H26FN3O4/c1-33-23-13-18(14-24(16-23)34-2)17-29-11-4-12-30(26(29)32)22-6-3-5-21(15-22)28-25(31)19-7-9-20(27)10-8-19/h3,5-10,13-16H,4,11-12,17H2,1-2H3,(H,28,31). The summed E-state index contributed by atoms with van der Waals surface area (Å²) in [6.45, 7) is 1.63. The van der Waals surface area contributed by atoms with Crippen LogP contribution >= 0.6 is 0 Å². The summed E-state index contributed by atoms with van der Waals surface area (Å²) in [6.07, 6.45) is 0.805. The quantitative estimate of drug-likeness (QED) is 0.540. The van der Waals surface area contributed by atoms with Gasteiger partial charge in [-0.15, -0.1) is 0 Å². The lowest BCUT2D eigenvalue weighted by atomic mass is 10.1. The van der Waals surface area contributed by atoms with Gasteiger partial charge in [0.1, 0.15) is 17.3 Å². The molecular formula is C26H26FN3O4. The normalized spacial score (nSPS) is 13.6. The molecule has 3 amide bonds. The minimum Gasteiger partial charge on any atom is -0.497 e. The van der Waals surface area contributed by atoms with Crippen LogP contribution in [-0.4, -0.2) is 44.1 Å². The maximum absolute atomic E-state index is 13.3. The van der Waals surface area contributed by atoms with Gasteiger partial charge >= 0.3 is 6.03 Å². The molecule has 1 aliphatic rings. The first-order valence-corrected chi connectivity index (χ1v) is 10.9. The van der Waals surface area contributed by atoms with Crippen LogP contribution in [0.5, 0.6) is 11.5 Å². The number of carbonyl (C=O) groups is 2. The van der Waals surface area contributed by atoms with Crippen LogP contribution < -0.4 is 19.7 Å². The number of carbonyl (C=O) groups excluding carboxylic acids is 2. The van der Waals surface area contributed by atoms with Gasteiger partial charge < -0.3 is 19.7 Å². The average Bonchev–Trinajstić information content (AvgIpc) is 2.85. The van der Waals surface area contributed by atoms with E-state index in [0.29, 0.717) is 48.1 Å². The Hall–Kier alpha value is -4.07. The second-order valence-corrected chi connectivity index (χ2v) is 7.94. The fourth-order valence-corrected chi connectivity index (χ4v) is 3.90. The molecule has 1 heterocycles. The van der Waals surface area contributed by atoms with Gasteiger partial charge in [-0.3, -0.25) is 9.69 Å². The number of nitrogens with zero attached hydrogens (tertiary/aromatic N) is 2. The highest BCUT2D eigenvalue weighted by molar-refractivity contribution is 6.04. The summed E-state index contributed by atoms with van der Waals surface area (Å²) in [5, 5.41) is 2.81. The maximum Gasteiger partial charge on any atom is 0.324 e. The Morgan fingerprint density at radius 3 is 2.35 bits per heavy atom. The largest absolute Gasteiger partial charge is 0.497 e. The summed E-state index contributed by atoms with van der Waals surface area (Å²) in [4.78, 5) is 29.3. The van der Waals surface area contributed by atoms with Crippen molar-refractivity contribution in [2.45, 2.75) is 13.0 Å². The zero-order valence-corrected chi connectivity index (χ0v) is 19.1. The van der Waals surface area contributed by atoms with E-state index in [2.05, 4.69) is 5.32 Å². The topological polar surface area (TPSA) is 71.1 Å². The lowest BCUT2D eigenvalue weighted by Gasteiger charge is -2.36. The van der Waals surface area contributed by atoms with Crippen LogP contribution in [0.3, 0.4) is 0 Å². The summed E-state index contributed by atoms with van der Waals surface area (Å²) in [5.41, 5.74) is 2.50. The first-order valence-electron chi connectivity index (χ1n) is 10.9. The Morgan fingerprint density at radius 2 is 1.68 bits per heavy atom. The van der Waals surface area contributed by atoms with E-state index in [1.54, 1.807) is 48.3 Å². The third kappa shape index (κ3) is 5.28. The van der Waals surface area contributed by atoms with Crippen molar-refractivity contribution in [3.63, 3.8) is 0 Å². The summed E-state index contributed by atoms with van der Waals surface area (Å²) < 4.78 is 23.8. The van der Waals surface area contributed by atoms with Crippen LogP contribution in [-0.2, 0) is 6.54 Å². The van der Waals surface area contributed by atoms with E-state index in [-0.39, 0.29) is 11.9 Å². The van der Waals surface area contributed by atoms with Crippen LogP contribution in [0.4, 0.5) is 20.6 Å². The number of ether oxygens (including phenoxy) is 2. The maximum atomic E-state index is 13.3. The predicted molar refractivity (Wildman–Crippen MR) is 128 cm³/mol. The molecule has 0 radical (unpaired) electrons. The third-order valence-electron chi connectivity index (χ3n) is 5.62. The van der Waals surface area contributed by atoms with Gasteiger partial charge in [0.15, 0.2) is 0 Å². The Balaban J connectivity index is 1.48. The van der Waals surface area contributed by atoms with Gasteiger partial charge in [0.05, 0.1) is 14.2 Å². The zero-order valence-electron chi connectivity index (χ0n) is 19.1. The fourth-order valence-electron chi connectivity index (χ4n) is 3.90. The van der Waals surface area contributed by atoms with E-state index in [1.807, 2.05) is 18.2 Å². The number of rotatable bonds is 7. The minimum absolute atomic E-state index is 0.116. The van der Waals surface area contributed by atoms with Crippen molar-refractivity contribution >= 4 is 23.3 Å². The molecule has 1 fully saturated rings. The van der Waals surface area contributed by atoms with Gasteiger partial charge in [0, 0.05) is 42.6 Å². The lowest BCUT2D eigenvalue weighted by Crippen LogP contribution is -2.49. The first kappa shape index (κ1) is 23.1. The molecule has 34 heavy (non-hydrogen) atoms. The van der Waals surface area contributed by atoms with Gasteiger partial charge in [-0.2, -0.15) is 0 Å². The van der Waals surface area contributed by atoms with Crippen molar-refractivity contribution in [3.05, 3.63) is 83.7 Å². The van der Waals surface area contributed by atoms with Crippen LogP contribution in [0.15, 0.2) is 66.7 Å². The molecule has 0 bridgehead atoms. The number of amides is 3. The average molecular weight is 464 g/mol. The number of hydrogen-bond acceptors (Lipinski definition) is 4.